The minimum atomic E-state index is 0.241. The molecular weight excluding hydrogens is 234 g/mol. The maximum atomic E-state index is 12.0. The van der Waals surface area contributed by atoms with Gasteiger partial charge >= 0.3 is 0 Å². The third kappa shape index (κ3) is 2.89. The second kappa shape index (κ2) is 5.87. The molecule has 2 nitrogen and oxygen atoms in total. The molecule has 1 saturated heterocycles. The third-order valence-electron chi connectivity index (χ3n) is 4.76. The predicted molar refractivity (Wildman–Crippen MR) is 77.3 cm³/mol. The molecule has 2 heteroatoms. The second-order valence-electron chi connectivity index (χ2n) is 5.95. The smallest absolute Gasteiger partial charge is 0.149 e. The fraction of sp³-hybridized carbons (Fsp3) is 0.588. The zero-order valence-electron chi connectivity index (χ0n) is 11.6. The molecule has 3 rings (SSSR count). The van der Waals surface area contributed by atoms with Crippen molar-refractivity contribution in [3.63, 3.8) is 0 Å². The first kappa shape index (κ1) is 12.9. The normalized spacial score (nSPS) is 26.5. The summed E-state index contributed by atoms with van der Waals surface area (Å²) >= 11 is 0. The van der Waals surface area contributed by atoms with E-state index < -0.39 is 0 Å². The van der Waals surface area contributed by atoms with Crippen LogP contribution in [-0.4, -0.2) is 29.8 Å². The van der Waals surface area contributed by atoms with Gasteiger partial charge in [-0.3, -0.25) is 9.69 Å². The van der Waals surface area contributed by atoms with Crippen molar-refractivity contribution in [1.82, 2.24) is 4.90 Å². The summed E-state index contributed by atoms with van der Waals surface area (Å²) in [6.45, 7) is 2.19. The summed E-state index contributed by atoms with van der Waals surface area (Å²) in [6.07, 6.45) is 6.64. The molecule has 1 saturated carbocycles. The van der Waals surface area contributed by atoms with Crippen LogP contribution in [0.4, 0.5) is 0 Å². The van der Waals surface area contributed by atoms with Gasteiger partial charge in [0.1, 0.15) is 5.78 Å². The Labute approximate surface area is 115 Å². The summed E-state index contributed by atoms with van der Waals surface area (Å²) in [5.41, 5.74) is 1.47. The van der Waals surface area contributed by atoms with Crippen molar-refractivity contribution < 1.29 is 4.79 Å². The molecule has 0 radical (unpaired) electrons. The number of nitrogens with zero attached hydrogens (tertiary/aromatic N) is 1. The molecule has 0 aromatic heterocycles. The van der Waals surface area contributed by atoms with E-state index in [1.165, 1.54) is 24.8 Å². The molecule has 1 aliphatic carbocycles. The number of ketones is 1. The second-order valence-corrected chi connectivity index (χ2v) is 5.95. The number of hydrogen-bond acceptors (Lipinski definition) is 2. The molecule has 0 unspecified atom stereocenters. The van der Waals surface area contributed by atoms with Gasteiger partial charge in [-0.05, 0) is 50.3 Å². The SMILES string of the molecule is O=C1CCCC[C@H]1N1CCC(c2ccccc2)CC1. The van der Waals surface area contributed by atoms with E-state index in [4.69, 9.17) is 0 Å². The number of piperidine rings is 1. The first-order chi connectivity index (χ1) is 9.34. The number of carbonyl (C=O) groups is 1. The molecule has 1 heterocycles. The van der Waals surface area contributed by atoms with Crippen molar-refractivity contribution in [2.75, 3.05) is 13.1 Å². The molecule has 19 heavy (non-hydrogen) atoms. The summed E-state index contributed by atoms with van der Waals surface area (Å²) in [4.78, 5) is 14.4. The maximum Gasteiger partial charge on any atom is 0.149 e. The van der Waals surface area contributed by atoms with Crippen molar-refractivity contribution in [1.29, 1.82) is 0 Å². The summed E-state index contributed by atoms with van der Waals surface area (Å²) in [7, 11) is 0. The fourth-order valence-corrected chi connectivity index (χ4v) is 3.62. The van der Waals surface area contributed by atoms with Crippen LogP contribution in [0, 0.1) is 0 Å². The van der Waals surface area contributed by atoms with Crippen LogP contribution in [0.15, 0.2) is 30.3 Å². The highest BCUT2D eigenvalue weighted by atomic mass is 16.1. The lowest BCUT2D eigenvalue weighted by atomic mass is 9.86. The first-order valence-electron chi connectivity index (χ1n) is 7.66. The lowest BCUT2D eigenvalue weighted by Gasteiger charge is -2.38. The molecule has 0 spiro atoms. The number of rotatable bonds is 2. The van der Waals surface area contributed by atoms with Crippen LogP contribution in [-0.2, 0) is 4.79 Å². The van der Waals surface area contributed by atoms with Gasteiger partial charge in [-0.2, -0.15) is 0 Å². The van der Waals surface area contributed by atoms with E-state index in [-0.39, 0.29) is 6.04 Å². The predicted octanol–water partition coefficient (Wildman–Crippen LogP) is 3.38. The molecule has 1 aromatic rings. The Morgan fingerprint density at radius 1 is 0.947 bits per heavy atom. The average molecular weight is 257 g/mol. The lowest BCUT2D eigenvalue weighted by molar-refractivity contribution is -0.126. The van der Waals surface area contributed by atoms with E-state index in [9.17, 15) is 4.79 Å². The molecule has 1 aliphatic heterocycles. The highest BCUT2D eigenvalue weighted by Crippen LogP contribution is 2.30. The van der Waals surface area contributed by atoms with E-state index in [1.807, 2.05) is 0 Å². The van der Waals surface area contributed by atoms with Crippen molar-refractivity contribution in [2.24, 2.45) is 0 Å². The maximum absolute atomic E-state index is 12.0. The zero-order chi connectivity index (χ0) is 13.1. The summed E-state index contributed by atoms with van der Waals surface area (Å²) < 4.78 is 0. The third-order valence-corrected chi connectivity index (χ3v) is 4.76. The van der Waals surface area contributed by atoms with E-state index in [0.29, 0.717) is 11.7 Å². The van der Waals surface area contributed by atoms with E-state index in [1.54, 1.807) is 0 Å². The standard InChI is InChI=1S/C17H23NO/c19-17-9-5-4-8-16(17)18-12-10-15(11-13-18)14-6-2-1-3-7-14/h1-3,6-7,15-16H,4-5,8-13H2/t16-/m1/s1. The van der Waals surface area contributed by atoms with E-state index in [2.05, 4.69) is 35.2 Å². The fourth-order valence-electron chi connectivity index (χ4n) is 3.62. The molecule has 1 atom stereocenters. The number of likely N-dealkylation sites (tertiary alicyclic amines) is 1. The van der Waals surface area contributed by atoms with Crippen LogP contribution < -0.4 is 0 Å². The topological polar surface area (TPSA) is 20.3 Å². The van der Waals surface area contributed by atoms with Crippen LogP contribution in [0.3, 0.4) is 0 Å². The van der Waals surface area contributed by atoms with Crippen LogP contribution in [0.2, 0.25) is 0 Å². The Kier molecular flexibility index (Phi) is 3.97. The minimum absolute atomic E-state index is 0.241. The summed E-state index contributed by atoms with van der Waals surface area (Å²) in [5, 5.41) is 0. The summed E-state index contributed by atoms with van der Waals surface area (Å²) in [6, 6.07) is 11.1. The monoisotopic (exact) mass is 257 g/mol. The number of Topliss-reactive ketones (excluding diaryl/α,β-unsaturated/α-hetero) is 1. The molecule has 0 bridgehead atoms. The van der Waals surface area contributed by atoms with Crippen molar-refractivity contribution in [3.8, 4) is 0 Å². The van der Waals surface area contributed by atoms with Gasteiger partial charge in [-0.25, -0.2) is 0 Å². The van der Waals surface area contributed by atoms with Gasteiger partial charge in [0.2, 0.25) is 0 Å². The van der Waals surface area contributed by atoms with Gasteiger partial charge in [0, 0.05) is 6.42 Å². The Bertz CT molecular complexity index is 420. The molecule has 1 aromatic carbocycles. The van der Waals surface area contributed by atoms with Crippen molar-refractivity contribution in [2.45, 2.75) is 50.5 Å². The Balaban J connectivity index is 1.59. The molecule has 0 amide bonds. The Hall–Kier alpha value is -1.15. The summed E-state index contributed by atoms with van der Waals surface area (Å²) in [5.74, 6) is 1.18. The highest BCUT2D eigenvalue weighted by Gasteiger charge is 2.31. The van der Waals surface area contributed by atoms with Crippen molar-refractivity contribution in [3.05, 3.63) is 35.9 Å². The van der Waals surface area contributed by atoms with Crippen molar-refractivity contribution >= 4 is 5.78 Å². The van der Waals surface area contributed by atoms with Gasteiger partial charge in [0.05, 0.1) is 6.04 Å². The number of benzene rings is 1. The van der Waals surface area contributed by atoms with Crippen LogP contribution in [0.25, 0.3) is 0 Å². The molecule has 0 N–H and O–H groups in total. The molecular formula is C17H23NO. The van der Waals surface area contributed by atoms with Gasteiger partial charge in [-0.15, -0.1) is 0 Å². The molecule has 2 aliphatic rings. The quantitative estimate of drug-likeness (QED) is 0.809. The lowest BCUT2D eigenvalue weighted by Crippen LogP contribution is -2.46. The Morgan fingerprint density at radius 3 is 2.37 bits per heavy atom. The van der Waals surface area contributed by atoms with E-state index in [0.717, 1.165) is 32.4 Å². The largest absolute Gasteiger partial charge is 0.298 e. The minimum Gasteiger partial charge on any atom is -0.298 e. The Morgan fingerprint density at radius 2 is 1.68 bits per heavy atom. The molecule has 102 valence electrons. The van der Waals surface area contributed by atoms with Crippen LogP contribution >= 0.6 is 0 Å². The first-order valence-corrected chi connectivity index (χ1v) is 7.66. The van der Waals surface area contributed by atoms with Gasteiger partial charge in [-0.1, -0.05) is 36.8 Å². The van der Waals surface area contributed by atoms with Crippen LogP contribution in [0.1, 0.15) is 50.0 Å². The van der Waals surface area contributed by atoms with Gasteiger partial charge in [0.25, 0.3) is 0 Å². The number of carbonyl (C=O) groups excluding carboxylic acids is 1. The van der Waals surface area contributed by atoms with E-state index >= 15 is 0 Å². The highest BCUT2D eigenvalue weighted by molar-refractivity contribution is 5.84. The average Bonchev–Trinajstić information content (AvgIpc) is 2.49. The van der Waals surface area contributed by atoms with Gasteiger partial charge < -0.3 is 0 Å². The zero-order valence-corrected chi connectivity index (χ0v) is 11.6. The van der Waals surface area contributed by atoms with Crippen LogP contribution in [0.5, 0.6) is 0 Å². The van der Waals surface area contributed by atoms with Gasteiger partial charge in [0.15, 0.2) is 0 Å². The number of hydrogen-bond donors (Lipinski definition) is 0. The molecule has 2 fully saturated rings.